The maximum absolute atomic E-state index is 11.0. The number of hydrogen-bond acceptors (Lipinski definition) is 3. The van der Waals surface area contributed by atoms with E-state index in [0.717, 1.165) is 11.3 Å². The van der Waals surface area contributed by atoms with E-state index in [4.69, 9.17) is 9.47 Å². The molecule has 1 aromatic carbocycles. The first kappa shape index (κ1) is 12.6. The zero-order valence-corrected chi connectivity index (χ0v) is 10.5. The molecule has 16 heavy (non-hydrogen) atoms. The Labute approximate surface area is 96.4 Å². The molecule has 0 saturated carbocycles. The highest BCUT2D eigenvalue weighted by Gasteiger charge is 2.20. The Kier molecular flexibility index (Phi) is 3.58. The van der Waals surface area contributed by atoms with Crippen molar-refractivity contribution < 1.29 is 14.3 Å². The summed E-state index contributed by atoms with van der Waals surface area (Å²) in [6.07, 6.45) is 0. The SMILES string of the molecule is COc1ccc(OC(C)=O)c(C(C)(C)C)c1. The molecule has 0 amide bonds. The molecule has 0 fully saturated rings. The second-order valence-electron chi connectivity index (χ2n) is 4.71. The van der Waals surface area contributed by atoms with Crippen molar-refractivity contribution in [3.05, 3.63) is 23.8 Å². The molecule has 0 aromatic heterocycles. The molecular weight excluding hydrogens is 204 g/mol. The van der Waals surface area contributed by atoms with Crippen LogP contribution in [0.15, 0.2) is 18.2 Å². The van der Waals surface area contributed by atoms with Gasteiger partial charge in [0.2, 0.25) is 0 Å². The Morgan fingerprint density at radius 3 is 2.31 bits per heavy atom. The van der Waals surface area contributed by atoms with Crippen LogP contribution < -0.4 is 9.47 Å². The zero-order valence-electron chi connectivity index (χ0n) is 10.5. The van der Waals surface area contributed by atoms with Gasteiger partial charge in [0, 0.05) is 12.5 Å². The van der Waals surface area contributed by atoms with Gasteiger partial charge in [-0.2, -0.15) is 0 Å². The number of carbonyl (C=O) groups is 1. The standard InChI is InChI=1S/C13H18O3/c1-9(14)16-12-7-6-10(15-5)8-11(12)13(2,3)4/h6-8H,1-5H3. The number of ether oxygens (including phenoxy) is 2. The average molecular weight is 222 g/mol. The van der Waals surface area contributed by atoms with E-state index in [9.17, 15) is 4.79 Å². The molecule has 0 aliphatic rings. The number of carbonyl (C=O) groups excluding carboxylic acids is 1. The van der Waals surface area contributed by atoms with E-state index in [-0.39, 0.29) is 11.4 Å². The van der Waals surface area contributed by atoms with Crippen molar-refractivity contribution >= 4 is 5.97 Å². The summed E-state index contributed by atoms with van der Waals surface area (Å²) < 4.78 is 10.3. The quantitative estimate of drug-likeness (QED) is 0.570. The predicted molar refractivity (Wildman–Crippen MR) is 63.0 cm³/mol. The third-order valence-electron chi connectivity index (χ3n) is 2.25. The average Bonchev–Trinajstić information content (AvgIpc) is 2.15. The lowest BCUT2D eigenvalue weighted by Gasteiger charge is -2.22. The molecule has 0 spiro atoms. The van der Waals surface area contributed by atoms with Gasteiger partial charge in [0.1, 0.15) is 11.5 Å². The Balaban J connectivity index is 3.22. The molecule has 0 aliphatic carbocycles. The first-order valence-electron chi connectivity index (χ1n) is 5.21. The van der Waals surface area contributed by atoms with E-state index in [0.29, 0.717) is 5.75 Å². The Bertz CT molecular complexity index is 389. The highest BCUT2D eigenvalue weighted by Crippen LogP contribution is 2.34. The monoisotopic (exact) mass is 222 g/mol. The predicted octanol–water partition coefficient (Wildman–Crippen LogP) is 2.92. The van der Waals surface area contributed by atoms with Crippen molar-refractivity contribution in [3.8, 4) is 11.5 Å². The Morgan fingerprint density at radius 1 is 1.25 bits per heavy atom. The van der Waals surface area contributed by atoms with Crippen LogP contribution in [0.25, 0.3) is 0 Å². The first-order valence-corrected chi connectivity index (χ1v) is 5.21. The highest BCUT2D eigenvalue weighted by atomic mass is 16.5. The molecule has 3 heteroatoms. The summed E-state index contributed by atoms with van der Waals surface area (Å²) in [7, 11) is 1.62. The lowest BCUT2D eigenvalue weighted by atomic mass is 9.86. The van der Waals surface area contributed by atoms with Crippen molar-refractivity contribution in [2.75, 3.05) is 7.11 Å². The summed E-state index contributed by atoms with van der Waals surface area (Å²) in [5.74, 6) is 1.05. The summed E-state index contributed by atoms with van der Waals surface area (Å²) >= 11 is 0. The van der Waals surface area contributed by atoms with Crippen molar-refractivity contribution in [3.63, 3.8) is 0 Å². The molecule has 1 aromatic rings. The first-order chi connectivity index (χ1) is 7.34. The minimum Gasteiger partial charge on any atom is -0.497 e. The number of esters is 1. The van der Waals surface area contributed by atoms with Crippen LogP contribution >= 0.6 is 0 Å². The molecular formula is C13H18O3. The van der Waals surface area contributed by atoms with Crippen LogP contribution in [-0.2, 0) is 10.2 Å². The summed E-state index contributed by atoms with van der Waals surface area (Å²) in [5, 5.41) is 0. The minimum atomic E-state index is -0.310. The molecule has 1 rings (SSSR count). The maximum atomic E-state index is 11.0. The van der Waals surface area contributed by atoms with E-state index in [1.165, 1.54) is 6.92 Å². The fourth-order valence-electron chi connectivity index (χ4n) is 1.47. The number of hydrogen-bond donors (Lipinski definition) is 0. The Morgan fingerprint density at radius 2 is 1.88 bits per heavy atom. The van der Waals surface area contributed by atoms with Crippen molar-refractivity contribution in [1.29, 1.82) is 0 Å². The molecule has 3 nitrogen and oxygen atoms in total. The van der Waals surface area contributed by atoms with Crippen molar-refractivity contribution in [2.24, 2.45) is 0 Å². The summed E-state index contributed by atoms with van der Waals surface area (Å²) in [6.45, 7) is 7.59. The fourth-order valence-corrected chi connectivity index (χ4v) is 1.47. The Hall–Kier alpha value is -1.51. The zero-order chi connectivity index (χ0) is 12.3. The summed E-state index contributed by atoms with van der Waals surface area (Å²) in [6, 6.07) is 5.45. The van der Waals surface area contributed by atoms with Crippen LogP contribution in [0, 0.1) is 0 Å². The lowest BCUT2D eigenvalue weighted by Crippen LogP contribution is -2.15. The summed E-state index contributed by atoms with van der Waals surface area (Å²) in [5.41, 5.74) is 0.862. The number of methoxy groups -OCH3 is 1. The van der Waals surface area contributed by atoms with Gasteiger partial charge in [-0.25, -0.2) is 0 Å². The van der Waals surface area contributed by atoms with E-state index in [2.05, 4.69) is 20.8 Å². The third-order valence-corrected chi connectivity index (χ3v) is 2.25. The fraction of sp³-hybridized carbons (Fsp3) is 0.462. The second kappa shape index (κ2) is 4.56. The van der Waals surface area contributed by atoms with Gasteiger partial charge in [0.25, 0.3) is 0 Å². The van der Waals surface area contributed by atoms with Crippen LogP contribution in [0.5, 0.6) is 11.5 Å². The van der Waals surface area contributed by atoms with Crippen molar-refractivity contribution in [1.82, 2.24) is 0 Å². The number of rotatable bonds is 2. The van der Waals surface area contributed by atoms with Crippen LogP contribution in [0.1, 0.15) is 33.3 Å². The third kappa shape index (κ3) is 2.99. The van der Waals surface area contributed by atoms with Crippen LogP contribution in [0.2, 0.25) is 0 Å². The smallest absolute Gasteiger partial charge is 0.308 e. The molecule has 0 atom stereocenters. The van der Waals surface area contributed by atoms with Crippen LogP contribution in [0.4, 0.5) is 0 Å². The molecule has 0 unspecified atom stereocenters. The van der Waals surface area contributed by atoms with E-state index in [1.807, 2.05) is 6.07 Å². The van der Waals surface area contributed by atoms with Crippen molar-refractivity contribution in [2.45, 2.75) is 33.1 Å². The minimum absolute atomic E-state index is 0.0979. The topological polar surface area (TPSA) is 35.5 Å². The van der Waals surface area contributed by atoms with Gasteiger partial charge in [0.15, 0.2) is 0 Å². The van der Waals surface area contributed by atoms with E-state index >= 15 is 0 Å². The lowest BCUT2D eigenvalue weighted by molar-refractivity contribution is -0.131. The number of benzene rings is 1. The van der Waals surface area contributed by atoms with Gasteiger partial charge >= 0.3 is 5.97 Å². The van der Waals surface area contributed by atoms with E-state index < -0.39 is 0 Å². The summed E-state index contributed by atoms with van der Waals surface area (Å²) in [4.78, 5) is 11.0. The maximum Gasteiger partial charge on any atom is 0.308 e. The normalized spacial score (nSPS) is 11.1. The molecule has 0 saturated heterocycles. The van der Waals surface area contributed by atoms with Gasteiger partial charge in [-0.15, -0.1) is 0 Å². The molecule has 0 N–H and O–H groups in total. The van der Waals surface area contributed by atoms with Crippen LogP contribution in [0.3, 0.4) is 0 Å². The molecule has 0 bridgehead atoms. The van der Waals surface area contributed by atoms with Gasteiger partial charge < -0.3 is 9.47 Å². The largest absolute Gasteiger partial charge is 0.497 e. The van der Waals surface area contributed by atoms with Gasteiger partial charge in [-0.05, 0) is 23.6 Å². The van der Waals surface area contributed by atoms with Gasteiger partial charge in [0.05, 0.1) is 7.11 Å². The van der Waals surface area contributed by atoms with Gasteiger partial charge in [-0.3, -0.25) is 4.79 Å². The molecule has 0 heterocycles. The second-order valence-corrected chi connectivity index (χ2v) is 4.71. The molecule has 0 radical (unpaired) electrons. The molecule has 0 aliphatic heterocycles. The van der Waals surface area contributed by atoms with E-state index in [1.54, 1.807) is 19.2 Å². The van der Waals surface area contributed by atoms with Gasteiger partial charge in [-0.1, -0.05) is 20.8 Å². The highest BCUT2D eigenvalue weighted by molar-refractivity contribution is 5.70. The molecule has 88 valence electrons. The van der Waals surface area contributed by atoms with Crippen LogP contribution in [-0.4, -0.2) is 13.1 Å².